The molecular formula is C10H12N4O. The molecule has 0 aliphatic heterocycles. The minimum atomic E-state index is -0.250. The van der Waals surface area contributed by atoms with Gasteiger partial charge in [0.2, 0.25) is 5.91 Å². The first kappa shape index (κ1) is 11.1. The Morgan fingerprint density at radius 1 is 1.60 bits per heavy atom. The van der Waals surface area contributed by atoms with Crippen molar-refractivity contribution in [2.24, 2.45) is 0 Å². The summed E-state index contributed by atoms with van der Waals surface area (Å²) in [6, 6.07) is 1.93. The largest absolute Gasteiger partial charge is 0.310 e. The number of nitrogens with one attached hydrogen (secondary N) is 1. The van der Waals surface area contributed by atoms with E-state index >= 15 is 0 Å². The molecule has 5 nitrogen and oxygen atoms in total. The number of hydrogen-bond acceptors (Lipinski definition) is 4. The summed E-state index contributed by atoms with van der Waals surface area (Å²) in [6.07, 6.45) is 1.42. The van der Waals surface area contributed by atoms with E-state index in [4.69, 9.17) is 5.26 Å². The van der Waals surface area contributed by atoms with Crippen LogP contribution in [0.5, 0.6) is 0 Å². The molecule has 0 saturated heterocycles. The van der Waals surface area contributed by atoms with E-state index in [1.54, 1.807) is 0 Å². The highest BCUT2D eigenvalue weighted by atomic mass is 16.1. The van der Waals surface area contributed by atoms with Gasteiger partial charge in [0.05, 0.1) is 6.20 Å². The van der Waals surface area contributed by atoms with Gasteiger partial charge in [-0.2, -0.15) is 5.26 Å². The highest BCUT2D eigenvalue weighted by Crippen LogP contribution is 2.15. The van der Waals surface area contributed by atoms with Gasteiger partial charge in [0.1, 0.15) is 17.5 Å². The first-order chi connectivity index (χ1) is 7.04. The van der Waals surface area contributed by atoms with E-state index in [1.807, 2.05) is 19.9 Å². The molecule has 1 amide bonds. The molecule has 0 atom stereocenters. The number of rotatable bonds is 2. The van der Waals surface area contributed by atoms with Gasteiger partial charge in [-0.3, -0.25) is 4.79 Å². The lowest BCUT2D eigenvalue weighted by Crippen LogP contribution is -2.11. The Kier molecular flexibility index (Phi) is 3.34. The number of amides is 1. The second-order valence-corrected chi connectivity index (χ2v) is 3.44. The molecule has 0 bridgehead atoms. The quantitative estimate of drug-likeness (QED) is 0.790. The summed E-state index contributed by atoms with van der Waals surface area (Å²) in [4.78, 5) is 19.0. The topological polar surface area (TPSA) is 78.7 Å². The molecule has 0 saturated carbocycles. The minimum Gasteiger partial charge on any atom is -0.310 e. The van der Waals surface area contributed by atoms with E-state index in [0.29, 0.717) is 5.82 Å². The van der Waals surface area contributed by atoms with Crippen LogP contribution in [0.4, 0.5) is 5.82 Å². The molecule has 1 rings (SSSR count). The second-order valence-electron chi connectivity index (χ2n) is 3.44. The highest BCUT2D eigenvalue weighted by molar-refractivity contribution is 5.88. The van der Waals surface area contributed by atoms with Crippen LogP contribution in [-0.2, 0) is 4.79 Å². The first-order valence-electron chi connectivity index (χ1n) is 4.59. The average Bonchev–Trinajstić information content (AvgIpc) is 2.16. The van der Waals surface area contributed by atoms with E-state index in [1.165, 1.54) is 13.1 Å². The van der Waals surface area contributed by atoms with Crippen molar-refractivity contribution in [3.05, 3.63) is 17.6 Å². The van der Waals surface area contributed by atoms with Gasteiger partial charge in [0.15, 0.2) is 5.82 Å². The third-order valence-corrected chi connectivity index (χ3v) is 1.74. The predicted octanol–water partition coefficient (Wildman–Crippen LogP) is 1.43. The first-order valence-corrected chi connectivity index (χ1v) is 4.59. The Hall–Kier alpha value is -1.96. The summed E-state index contributed by atoms with van der Waals surface area (Å²) in [7, 11) is 0. The molecule has 1 aromatic heterocycles. The molecule has 78 valence electrons. The molecule has 0 radical (unpaired) electrons. The number of nitriles is 1. The van der Waals surface area contributed by atoms with Crippen LogP contribution in [0, 0.1) is 11.3 Å². The van der Waals surface area contributed by atoms with Gasteiger partial charge in [-0.25, -0.2) is 9.97 Å². The SMILES string of the molecule is CC(=O)Nc1nc(C(C)C)ncc1C#N. The normalized spacial score (nSPS) is 9.80. The van der Waals surface area contributed by atoms with Gasteiger partial charge >= 0.3 is 0 Å². The summed E-state index contributed by atoms with van der Waals surface area (Å²) >= 11 is 0. The van der Waals surface area contributed by atoms with Crippen molar-refractivity contribution in [2.75, 3.05) is 5.32 Å². The molecule has 15 heavy (non-hydrogen) atoms. The maximum Gasteiger partial charge on any atom is 0.222 e. The van der Waals surface area contributed by atoms with E-state index in [2.05, 4.69) is 15.3 Å². The Labute approximate surface area is 88.2 Å². The van der Waals surface area contributed by atoms with Gasteiger partial charge < -0.3 is 5.32 Å². The van der Waals surface area contributed by atoms with E-state index in [9.17, 15) is 4.79 Å². The average molecular weight is 204 g/mol. The van der Waals surface area contributed by atoms with Crippen molar-refractivity contribution >= 4 is 11.7 Å². The molecule has 5 heteroatoms. The summed E-state index contributed by atoms with van der Waals surface area (Å²) in [5.74, 6) is 0.798. The van der Waals surface area contributed by atoms with Crippen molar-refractivity contribution in [3.8, 4) is 6.07 Å². The summed E-state index contributed by atoms with van der Waals surface area (Å²) < 4.78 is 0. The lowest BCUT2D eigenvalue weighted by atomic mass is 10.2. The number of carbonyl (C=O) groups excluding carboxylic acids is 1. The van der Waals surface area contributed by atoms with E-state index in [0.717, 1.165) is 0 Å². The van der Waals surface area contributed by atoms with Crippen molar-refractivity contribution in [2.45, 2.75) is 26.7 Å². The third kappa shape index (κ3) is 2.74. The standard InChI is InChI=1S/C10H12N4O/c1-6(2)9-12-5-8(4-11)10(14-9)13-7(3)15/h5-6H,1-3H3,(H,12,13,14,15). The Morgan fingerprint density at radius 2 is 2.27 bits per heavy atom. The number of nitrogens with zero attached hydrogens (tertiary/aromatic N) is 3. The van der Waals surface area contributed by atoms with Crippen molar-refractivity contribution in [3.63, 3.8) is 0 Å². The number of anilines is 1. The Balaban J connectivity index is 3.14. The fourth-order valence-corrected chi connectivity index (χ4v) is 1.02. The van der Waals surface area contributed by atoms with E-state index < -0.39 is 0 Å². The van der Waals surface area contributed by atoms with E-state index in [-0.39, 0.29) is 23.2 Å². The van der Waals surface area contributed by atoms with Gasteiger partial charge in [0.25, 0.3) is 0 Å². The van der Waals surface area contributed by atoms with Crippen LogP contribution in [0.25, 0.3) is 0 Å². The smallest absolute Gasteiger partial charge is 0.222 e. The maximum absolute atomic E-state index is 10.9. The molecule has 0 spiro atoms. The number of hydrogen-bond donors (Lipinski definition) is 1. The third-order valence-electron chi connectivity index (χ3n) is 1.74. The zero-order valence-electron chi connectivity index (χ0n) is 8.90. The van der Waals surface area contributed by atoms with Gasteiger partial charge in [0, 0.05) is 12.8 Å². The minimum absolute atomic E-state index is 0.158. The molecule has 0 unspecified atom stereocenters. The maximum atomic E-state index is 10.9. The van der Waals surface area contributed by atoms with Crippen LogP contribution in [0.1, 0.15) is 38.1 Å². The van der Waals surface area contributed by atoms with Crippen LogP contribution in [0.2, 0.25) is 0 Å². The van der Waals surface area contributed by atoms with Crippen LogP contribution >= 0.6 is 0 Å². The van der Waals surface area contributed by atoms with Crippen molar-refractivity contribution < 1.29 is 4.79 Å². The highest BCUT2D eigenvalue weighted by Gasteiger charge is 2.10. The molecule has 0 aliphatic carbocycles. The molecule has 1 aromatic rings. The zero-order valence-corrected chi connectivity index (χ0v) is 8.90. The lowest BCUT2D eigenvalue weighted by Gasteiger charge is -2.07. The molecule has 0 aromatic carbocycles. The van der Waals surface area contributed by atoms with Crippen LogP contribution < -0.4 is 5.32 Å². The fourth-order valence-electron chi connectivity index (χ4n) is 1.02. The molecule has 1 N–H and O–H groups in total. The summed E-state index contributed by atoms with van der Waals surface area (Å²) in [5.41, 5.74) is 0.273. The van der Waals surface area contributed by atoms with Crippen molar-refractivity contribution in [1.82, 2.24) is 9.97 Å². The van der Waals surface area contributed by atoms with Gasteiger partial charge in [-0.05, 0) is 0 Å². The zero-order chi connectivity index (χ0) is 11.4. The van der Waals surface area contributed by atoms with Crippen molar-refractivity contribution in [1.29, 1.82) is 5.26 Å². The molecular weight excluding hydrogens is 192 g/mol. The fraction of sp³-hybridized carbons (Fsp3) is 0.400. The Morgan fingerprint density at radius 3 is 2.73 bits per heavy atom. The monoisotopic (exact) mass is 204 g/mol. The van der Waals surface area contributed by atoms with Gasteiger partial charge in [-0.1, -0.05) is 13.8 Å². The van der Waals surface area contributed by atoms with Crippen LogP contribution in [0.15, 0.2) is 6.20 Å². The predicted molar refractivity (Wildman–Crippen MR) is 55.1 cm³/mol. The lowest BCUT2D eigenvalue weighted by molar-refractivity contribution is -0.114. The van der Waals surface area contributed by atoms with Crippen LogP contribution in [-0.4, -0.2) is 15.9 Å². The Bertz CT molecular complexity index is 420. The summed E-state index contributed by atoms with van der Waals surface area (Å²) in [6.45, 7) is 5.26. The van der Waals surface area contributed by atoms with Crippen LogP contribution in [0.3, 0.4) is 0 Å². The molecule has 0 aliphatic rings. The second kappa shape index (κ2) is 4.51. The number of aromatic nitrogens is 2. The van der Waals surface area contributed by atoms with Gasteiger partial charge in [-0.15, -0.1) is 0 Å². The summed E-state index contributed by atoms with van der Waals surface area (Å²) in [5, 5.41) is 11.3. The molecule has 0 fully saturated rings. The number of carbonyl (C=O) groups is 1. The molecule has 1 heterocycles.